The molecule has 4 nitrogen and oxygen atoms in total. The Labute approximate surface area is 73.1 Å². The lowest BCUT2D eigenvalue weighted by atomic mass is 10.1. The zero-order chi connectivity index (χ0) is 9.47. The molecule has 1 aromatic rings. The minimum absolute atomic E-state index is 0.0417. The van der Waals surface area contributed by atoms with Gasteiger partial charge in [0, 0.05) is 6.42 Å². The molecule has 0 spiro atoms. The minimum Gasteiger partial charge on any atom is -0.365 e. The molecule has 1 aromatic heterocycles. The van der Waals surface area contributed by atoms with Crippen molar-refractivity contribution in [2.75, 3.05) is 5.73 Å². The van der Waals surface area contributed by atoms with Crippen LogP contribution in [0.3, 0.4) is 0 Å². The summed E-state index contributed by atoms with van der Waals surface area (Å²) in [5, 5.41) is 3.29. The molecule has 0 bridgehead atoms. The van der Waals surface area contributed by atoms with Crippen molar-refractivity contribution >= 4 is 5.95 Å². The second kappa shape index (κ2) is 2.65. The third-order valence-corrected chi connectivity index (χ3v) is 2.27. The second-order valence-corrected chi connectivity index (χ2v) is 3.20. The molecule has 0 aliphatic heterocycles. The van der Waals surface area contributed by atoms with Gasteiger partial charge in [0.2, 0.25) is 5.89 Å². The van der Waals surface area contributed by atoms with E-state index in [1.54, 1.807) is 0 Å². The van der Waals surface area contributed by atoms with E-state index in [0.717, 1.165) is 0 Å². The topological polar surface area (TPSA) is 64.9 Å². The summed E-state index contributed by atoms with van der Waals surface area (Å²) in [5.74, 6) is -3.80. The van der Waals surface area contributed by atoms with Gasteiger partial charge in [-0.25, -0.2) is 8.78 Å². The fourth-order valence-electron chi connectivity index (χ4n) is 1.62. The first kappa shape index (κ1) is 8.40. The van der Waals surface area contributed by atoms with Crippen LogP contribution in [0.1, 0.15) is 31.1 Å². The van der Waals surface area contributed by atoms with Gasteiger partial charge in [0.1, 0.15) is 5.92 Å². The van der Waals surface area contributed by atoms with Crippen LogP contribution in [0.15, 0.2) is 4.52 Å². The molecular weight excluding hydrogens is 180 g/mol. The van der Waals surface area contributed by atoms with Gasteiger partial charge in [0.05, 0.1) is 0 Å². The molecule has 72 valence electrons. The first-order chi connectivity index (χ1) is 6.09. The van der Waals surface area contributed by atoms with Gasteiger partial charge in [-0.15, -0.1) is 0 Å². The van der Waals surface area contributed by atoms with Crippen LogP contribution in [0.25, 0.3) is 0 Å². The van der Waals surface area contributed by atoms with Gasteiger partial charge in [-0.1, -0.05) is 0 Å². The lowest BCUT2D eigenvalue weighted by Crippen LogP contribution is -2.19. The summed E-state index contributed by atoms with van der Waals surface area (Å²) in [4.78, 5) is 3.61. The normalized spacial score (nSPS) is 26.5. The molecule has 0 saturated heterocycles. The van der Waals surface area contributed by atoms with Crippen LogP contribution < -0.4 is 5.73 Å². The van der Waals surface area contributed by atoms with Gasteiger partial charge in [-0.05, 0) is 18.0 Å². The van der Waals surface area contributed by atoms with E-state index in [0.29, 0.717) is 12.8 Å². The Morgan fingerprint density at radius 2 is 2.31 bits per heavy atom. The number of halogens is 2. The van der Waals surface area contributed by atoms with Crippen molar-refractivity contribution in [2.24, 2.45) is 0 Å². The first-order valence-electron chi connectivity index (χ1n) is 4.06. The first-order valence-corrected chi connectivity index (χ1v) is 4.06. The summed E-state index contributed by atoms with van der Waals surface area (Å²) < 4.78 is 30.9. The van der Waals surface area contributed by atoms with Gasteiger partial charge in [0.25, 0.3) is 11.9 Å². The number of rotatable bonds is 1. The van der Waals surface area contributed by atoms with Crippen molar-refractivity contribution < 1.29 is 13.3 Å². The number of nitrogen functional groups attached to an aromatic ring is 1. The molecule has 1 fully saturated rings. The van der Waals surface area contributed by atoms with Crippen LogP contribution in [0.5, 0.6) is 0 Å². The molecule has 0 aromatic carbocycles. The number of anilines is 1. The Balaban J connectivity index is 2.26. The lowest BCUT2D eigenvalue weighted by Gasteiger charge is -2.13. The zero-order valence-electron chi connectivity index (χ0n) is 6.83. The molecule has 1 heterocycles. The van der Waals surface area contributed by atoms with E-state index in [4.69, 9.17) is 5.73 Å². The van der Waals surface area contributed by atoms with Crippen LogP contribution in [-0.2, 0) is 0 Å². The highest BCUT2D eigenvalue weighted by molar-refractivity contribution is 5.14. The summed E-state index contributed by atoms with van der Waals surface area (Å²) in [5.41, 5.74) is 5.17. The van der Waals surface area contributed by atoms with E-state index >= 15 is 0 Å². The third-order valence-electron chi connectivity index (χ3n) is 2.27. The molecule has 13 heavy (non-hydrogen) atoms. The Bertz CT molecular complexity index is 312. The summed E-state index contributed by atoms with van der Waals surface area (Å²) in [6, 6.07) is 0. The Morgan fingerprint density at radius 3 is 2.77 bits per heavy atom. The maximum atomic E-state index is 13.1. The lowest BCUT2D eigenvalue weighted by molar-refractivity contribution is -0.0172. The van der Waals surface area contributed by atoms with E-state index < -0.39 is 11.8 Å². The quantitative estimate of drug-likeness (QED) is 0.727. The molecule has 0 amide bonds. The van der Waals surface area contributed by atoms with Crippen molar-refractivity contribution in [1.29, 1.82) is 0 Å². The number of alkyl halides is 2. The number of nitrogens with zero attached hydrogens (tertiary/aromatic N) is 2. The summed E-state index contributed by atoms with van der Waals surface area (Å²) in [6.45, 7) is 0. The fourth-order valence-corrected chi connectivity index (χ4v) is 1.62. The third kappa shape index (κ3) is 1.36. The monoisotopic (exact) mass is 189 g/mol. The van der Waals surface area contributed by atoms with Crippen molar-refractivity contribution in [2.45, 2.75) is 31.1 Å². The highest BCUT2D eigenvalue weighted by atomic mass is 19.3. The maximum Gasteiger partial charge on any atom is 0.260 e. The largest absolute Gasteiger partial charge is 0.365 e. The number of aromatic nitrogens is 2. The summed E-state index contributed by atoms with van der Waals surface area (Å²) in [7, 11) is 0. The van der Waals surface area contributed by atoms with E-state index in [9.17, 15) is 8.78 Å². The highest BCUT2D eigenvalue weighted by Crippen LogP contribution is 2.45. The maximum absolute atomic E-state index is 13.1. The SMILES string of the molecule is Nc1noc(C2CCCC2(F)F)n1. The minimum atomic E-state index is -2.72. The Hall–Kier alpha value is -1.20. The van der Waals surface area contributed by atoms with Gasteiger partial charge in [-0.2, -0.15) is 4.98 Å². The molecule has 1 aliphatic carbocycles. The van der Waals surface area contributed by atoms with Crippen LogP contribution in [0.4, 0.5) is 14.7 Å². The van der Waals surface area contributed by atoms with Crippen LogP contribution in [0, 0.1) is 0 Å². The van der Waals surface area contributed by atoms with E-state index in [-0.39, 0.29) is 18.3 Å². The predicted molar refractivity (Wildman–Crippen MR) is 40.2 cm³/mol. The van der Waals surface area contributed by atoms with Crippen LogP contribution in [-0.4, -0.2) is 16.1 Å². The van der Waals surface area contributed by atoms with Gasteiger partial charge >= 0.3 is 0 Å². The molecule has 0 radical (unpaired) electrons. The van der Waals surface area contributed by atoms with Crippen LogP contribution >= 0.6 is 0 Å². The molecule has 1 aliphatic rings. The van der Waals surface area contributed by atoms with E-state index in [2.05, 4.69) is 14.7 Å². The Kier molecular flexibility index (Phi) is 1.71. The standard InChI is InChI=1S/C7H9F2N3O/c8-7(9)3-1-2-4(7)5-11-6(10)12-13-5/h4H,1-3H2,(H2,10,12). The van der Waals surface area contributed by atoms with Crippen molar-refractivity contribution in [1.82, 2.24) is 10.1 Å². The molecule has 2 N–H and O–H groups in total. The van der Waals surface area contributed by atoms with Gasteiger partial charge in [-0.3, -0.25) is 0 Å². The summed E-state index contributed by atoms with van der Waals surface area (Å²) in [6.07, 6.45) is 0.758. The van der Waals surface area contributed by atoms with Gasteiger partial charge in [0.15, 0.2) is 0 Å². The molecule has 1 saturated carbocycles. The van der Waals surface area contributed by atoms with Gasteiger partial charge < -0.3 is 10.3 Å². The second-order valence-electron chi connectivity index (χ2n) is 3.20. The molecule has 1 unspecified atom stereocenters. The number of hydrogen-bond donors (Lipinski definition) is 1. The number of nitrogens with two attached hydrogens (primary N) is 1. The highest BCUT2D eigenvalue weighted by Gasteiger charge is 2.47. The summed E-state index contributed by atoms with van der Waals surface area (Å²) >= 11 is 0. The van der Waals surface area contributed by atoms with E-state index in [1.165, 1.54) is 0 Å². The molecule has 2 rings (SSSR count). The average Bonchev–Trinajstić information content (AvgIpc) is 2.56. The zero-order valence-corrected chi connectivity index (χ0v) is 6.83. The molecule has 1 atom stereocenters. The van der Waals surface area contributed by atoms with Crippen molar-refractivity contribution in [3.63, 3.8) is 0 Å². The average molecular weight is 189 g/mol. The fraction of sp³-hybridized carbons (Fsp3) is 0.714. The van der Waals surface area contributed by atoms with Crippen molar-refractivity contribution in [3.8, 4) is 0 Å². The molecule has 6 heteroatoms. The smallest absolute Gasteiger partial charge is 0.260 e. The van der Waals surface area contributed by atoms with Crippen molar-refractivity contribution in [3.05, 3.63) is 5.89 Å². The Morgan fingerprint density at radius 1 is 1.54 bits per heavy atom. The predicted octanol–water partition coefficient (Wildman–Crippen LogP) is 1.55. The number of hydrogen-bond acceptors (Lipinski definition) is 4. The van der Waals surface area contributed by atoms with Crippen LogP contribution in [0.2, 0.25) is 0 Å². The van der Waals surface area contributed by atoms with E-state index in [1.807, 2.05) is 0 Å². The molecular formula is C7H9F2N3O.